The summed E-state index contributed by atoms with van der Waals surface area (Å²) >= 11 is 0. The lowest BCUT2D eigenvalue weighted by Gasteiger charge is -2.34. The molecule has 0 aromatic carbocycles. The van der Waals surface area contributed by atoms with Crippen LogP contribution in [0.5, 0.6) is 0 Å². The highest BCUT2D eigenvalue weighted by molar-refractivity contribution is 5.85. The minimum absolute atomic E-state index is 0.214. The molecule has 0 rings (SSSR count). The molecule has 0 radical (unpaired) electrons. The number of carbonyl (C=O) groups excluding carboxylic acids is 2. The van der Waals surface area contributed by atoms with Crippen molar-refractivity contribution in [2.45, 2.75) is 26.3 Å². The Morgan fingerprint density at radius 3 is 2.25 bits per heavy atom. The van der Waals surface area contributed by atoms with E-state index in [1.165, 1.54) is 7.11 Å². The van der Waals surface area contributed by atoms with E-state index >= 15 is 0 Å². The van der Waals surface area contributed by atoms with E-state index in [2.05, 4.69) is 10.6 Å². The van der Waals surface area contributed by atoms with Crippen molar-refractivity contribution in [3.63, 3.8) is 0 Å². The molecule has 0 atom stereocenters. The van der Waals surface area contributed by atoms with Gasteiger partial charge in [-0.2, -0.15) is 0 Å². The van der Waals surface area contributed by atoms with Crippen molar-refractivity contribution in [1.82, 2.24) is 15.5 Å². The molecular weight excluding hydrogens is 266 g/mol. The number of carboxylic acids is 1. The number of hydrogen-bond acceptors (Lipinski definition) is 4. The van der Waals surface area contributed by atoms with E-state index in [1.54, 1.807) is 20.8 Å². The first-order chi connectivity index (χ1) is 9.18. The molecule has 0 aromatic rings. The average molecular weight is 289 g/mol. The maximum absolute atomic E-state index is 11.9. The van der Waals surface area contributed by atoms with Crippen LogP contribution in [0.25, 0.3) is 0 Å². The first-order valence-corrected chi connectivity index (χ1v) is 6.21. The molecule has 0 aliphatic rings. The number of nitrogens with zero attached hydrogens (tertiary/aromatic N) is 1. The zero-order valence-corrected chi connectivity index (χ0v) is 12.4. The standard InChI is InChI=1S/C12H23N3O5/c1-12(2,3)15(8-10(17)18)11(19)14-7-9(16)13-5-6-20-4/h5-8H2,1-4H3,(H,13,16)(H,14,19)(H,17,18). The van der Waals surface area contributed by atoms with Gasteiger partial charge in [-0.15, -0.1) is 0 Å². The molecule has 0 bridgehead atoms. The number of methoxy groups -OCH3 is 1. The van der Waals surface area contributed by atoms with Gasteiger partial charge in [0.05, 0.1) is 13.2 Å². The number of ether oxygens (including phenoxy) is 1. The number of amides is 3. The molecule has 0 aliphatic carbocycles. The Bertz CT molecular complexity index is 351. The number of urea groups is 1. The third-order valence-corrected chi connectivity index (χ3v) is 2.38. The molecule has 3 N–H and O–H groups in total. The highest BCUT2D eigenvalue weighted by atomic mass is 16.5. The second-order valence-corrected chi connectivity index (χ2v) is 5.15. The summed E-state index contributed by atoms with van der Waals surface area (Å²) in [6.45, 7) is 5.24. The third kappa shape index (κ3) is 7.57. The number of nitrogens with one attached hydrogen (secondary N) is 2. The van der Waals surface area contributed by atoms with E-state index in [9.17, 15) is 14.4 Å². The molecule has 0 spiro atoms. The monoisotopic (exact) mass is 289 g/mol. The molecular formula is C12H23N3O5. The number of carboxylic acid groups (broad SMARTS) is 1. The lowest BCUT2D eigenvalue weighted by atomic mass is 10.1. The van der Waals surface area contributed by atoms with Crippen molar-refractivity contribution < 1.29 is 24.2 Å². The van der Waals surface area contributed by atoms with Crippen LogP contribution >= 0.6 is 0 Å². The Balaban J connectivity index is 4.33. The SMILES string of the molecule is COCCNC(=O)CNC(=O)N(CC(=O)O)C(C)(C)C. The summed E-state index contributed by atoms with van der Waals surface area (Å²) in [5.41, 5.74) is -0.658. The summed E-state index contributed by atoms with van der Waals surface area (Å²) in [4.78, 5) is 35.2. The smallest absolute Gasteiger partial charge is 0.323 e. The number of carbonyl (C=O) groups is 3. The largest absolute Gasteiger partial charge is 0.480 e. The average Bonchev–Trinajstić information content (AvgIpc) is 2.32. The van der Waals surface area contributed by atoms with Crippen molar-refractivity contribution in [3.05, 3.63) is 0 Å². The Kier molecular flexibility index (Phi) is 7.60. The molecule has 0 unspecified atom stereocenters. The van der Waals surface area contributed by atoms with E-state index in [0.717, 1.165) is 4.90 Å². The predicted octanol–water partition coefficient (Wildman–Crippen LogP) is -0.356. The van der Waals surface area contributed by atoms with Crippen LogP contribution in [-0.4, -0.2) is 66.8 Å². The summed E-state index contributed by atoms with van der Waals surface area (Å²) < 4.78 is 4.77. The van der Waals surface area contributed by atoms with Crippen LogP contribution < -0.4 is 10.6 Å². The highest BCUT2D eigenvalue weighted by Gasteiger charge is 2.28. The van der Waals surface area contributed by atoms with Gasteiger partial charge in [-0.25, -0.2) is 4.79 Å². The minimum Gasteiger partial charge on any atom is -0.480 e. The van der Waals surface area contributed by atoms with Crippen LogP contribution in [0.3, 0.4) is 0 Å². The Hall–Kier alpha value is -1.83. The zero-order valence-electron chi connectivity index (χ0n) is 12.4. The molecule has 3 amide bonds. The van der Waals surface area contributed by atoms with Gasteiger partial charge in [-0.3, -0.25) is 9.59 Å². The fourth-order valence-corrected chi connectivity index (χ4v) is 1.36. The topological polar surface area (TPSA) is 108 Å². The van der Waals surface area contributed by atoms with Crippen molar-refractivity contribution in [2.24, 2.45) is 0 Å². The Labute approximate surface area is 118 Å². The molecule has 8 nitrogen and oxygen atoms in total. The van der Waals surface area contributed by atoms with Gasteiger partial charge in [0, 0.05) is 19.2 Å². The van der Waals surface area contributed by atoms with Crippen molar-refractivity contribution >= 4 is 17.9 Å². The molecule has 0 aromatic heterocycles. The minimum atomic E-state index is -1.11. The second kappa shape index (κ2) is 8.36. The van der Waals surface area contributed by atoms with Crippen molar-refractivity contribution in [2.75, 3.05) is 33.4 Å². The quantitative estimate of drug-likeness (QED) is 0.555. The normalized spacial score (nSPS) is 10.8. The third-order valence-electron chi connectivity index (χ3n) is 2.38. The number of aliphatic carboxylic acids is 1. The maximum atomic E-state index is 11.9. The van der Waals surface area contributed by atoms with Crippen LogP contribution in [-0.2, 0) is 14.3 Å². The van der Waals surface area contributed by atoms with Crippen molar-refractivity contribution in [3.8, 4) is 0 Å². The molecule has 0 saturated carbocycles. The Morgan fingerprint density at radius 2 is 1.80 bits per heavy atom. The molecule has 116 valence electrons. The van der Waals surface area contributed by atoms with Crippen LogP contribution in [0, 0.1) is 0 Å². The van der Waals surface area contributed by atoms with Crippen LogP contribution in [0.2, 0.25) is 0 Å². The Morgan fingerprint density at radius 1 is 1.20 bits per heavy atom. The zero-order chi connectivity index (χ0) is 15.8. The fourth-order valence-electron chi connectivity index (χ4n) is 1.36. The predicted molar refractivity (Wildman–Crippen MR) is 72.4 cm³/mol. The van der Waals surface area contributed by atoms with Crippen molar-refractivity contribution in [1.29, 1.82) is 0 Å². The van der Waals surface area contributed by atoms with Gasteiger partial charge in [0.15, 0.2) is 0 Å². The van der Waals surface area contributed by atoms with Gasteiger partial charge >= 0.3 is 12.0 Å². The van der Waals surface area contributed by atoms with Gasteiger partial charge in [0.1, 0.15) is 6.54 Å². The summed E-state index contributed by atoms with van der Waals surface area (Å²) in [6, 6.07) is -0.596. The van der Waals surface area contributed by atoms with Gasteiger partial charge in [-0.05, 0) is 20.8 Å². The molecule has 8 heteroatoms. The highest BCUT2D eigenvalue weighted by Crippen LogP contribution is 2.12. The van der Waals surface area contributed by atoms with Gasteiger partial charge in [0.25, 0.3) is 0 Å². The van der Waals surface area contributed by atoms with E-state index in [4.69, 9.17) is 9.84 Å². The van der Waals surface area contributed by atoms with Crippen LogP contribution in [0.1, 0.15) is 20.8 Å². The number of rotatable bonds is 7. The summed E-state index contributed by atoms with van der Waals surface area (Å²) in [5, 5.41) is 13.7. The lowest BCUT2D eigenvalue weighted by Crippen LogP contribution is -2.53. The molecule has 0 aliphatic heterocycles. The summed E-state index contributed by atoms with van der Waals surface area (Å²) in [5.74, 6) is -1.47. The second-order valence-electron chi connectivity index (χ2n) is 5.15. The first kappa shape index (κ1) is 18.2. The summed E-state index contributed by atoms with van der Waals surface area (Å²) in [6.07, 6.45) is 0. The number of hydrogen-bond donors (Lipinski definition) is 3. The molecule has 0 heterocycles. The van der Waals surface area contributed by atoms with E-state index in [-0.39, 0.29) is 12.5 Å². The molecule has 20 heavy (non-hydrogen) atoms. The van der Waals surface area contributed by atoms with Gasteiger partial charge < -0.3 is 25.4 Å². The molecule has 0 fully saturated rings. The van der Waals surface area contributed by atoms with Gasteiger partial charge in [0.2, 0.25) is 5.91 Å². The fraction of sp³-hybridized carbons (Fsp3) is 0.750. The lowest BCUT2D eigenvalue weighted by molar-refractivity contribution is -0.138. The maximum Gasteiger partial charge on any atom is 0.323 e. The van der Waals surface area contributed by atoms with E-state index in [0.29, 0.717) is 13.2 Å². The summed E-state index contributed by atoms with van der Waals surface area (Å²) in [7, 11) is 1.51. The first-order valence-electron chi connectivity index (χ1n) is 6.21. The van der Waals surface area contributed by atoms with E-state index in [1.807, 2.05) is 0 Å². The molecule has 0 saturated heterocycles. The van der Waals surface area contributed by atoms with Crippen LogP contribution in [0.15, 0.2) is 0 Å². The van der Waals surface area contributed by atoms with Crippen LogP contribution in [0.4, 0.5) is 4.79 Å². The van der Waals surface area contributed by atoms with E-state index < -0.39 is 24.1 Å². The van der Waals surface area contributed by atoms with Gasteiger partial charge in [-0.1, -0.05) is 0 Å².